The maximum absolute atomic E-state index is 5.38. The van der Waals surface area contributed by atoms with Gasteiger partial charge in [0, 0.05) is 31.1 Å². The molecule has 6 rings (SSSR count). The fourth-order valence-electron chi connectivity index (χ4n) is 5.83. The molecule has 4 heterocycles. The summed E-state index contributed by atoms with van der Waals surface area (Å²) in [5.74, 6) is 3.30. The Bertz CT molecular complexity index is 796. The van der Waals surface area contributed by atoms with Crippen molar-refractivity contribution in [1.29, 1.82) is 0 Å². The molecule has 0 radical (unpaired) electrons. The summed E-state index contributed by atoms with van der Waals surface area (Å²) in [4.78, 5) is 5.53. The molecular formula is C24H30N2O2. The zero-order valence-corrected chi connectivity index (χ0v) is 16.9. The quantitative estimate of drug-likeness (QED) is 0.791. The Hall–Kier alpha value is -2.04. The highest BCUT2D eigenvalue weighted by Crippen LogP contribution is 2.47. The molecule has 4 nitrogen and oxygen atoms in total. The number of benzene rings is 2. The molecule has 2 bridgehead atoms. The van der Waals surface area contributed by atoms with Crippen LogP contribution in [0.2, 0.25) is 0 Å². The first-order valence-electron chi connectivity index (χ1n) is 10.5. The van der Waals surface area contributed by atoms with Gasteiger partial charge in [-0.05, 0) is 67.2 Å². The Morgan fingerprint density at radius 1 is 0.821 bits per heavy atom. The molecule has 4 aliphatic heterocycles. The second-order valence-electron chi connectivity index (χ2n) is 8.51. The van der Waals surface area contributed by atoms with Crippen molar-refractivity contribution in [2.45, 2.75) is 37.4 Å². The molecule has 148 valence electrons. The number of nitrogens with zero attached hydrogens (tertiary/aromatic N) is 2. The van der Waals surface area contributed by atoms with Gasteiger partial charge in [0.1, 0.15) is 11.5 Å². The number of likely N-dealkylation sites (tertiary alicyclic amines) is 1. The third kappa shape index (κ3) is 3.09. The summed E-state index contributed by atoms with van der Waals surface area (Å²) in [6.45, 7) is 4.71. The normalized spacial score (nSPS) is 31.6. The predicted molar refractivity (Wildman–Crippen MR) is 111 cm³/mol. The van der Waals surface area contributed by atoms with Crippen LogP contribution in [0.1, 0.15) is 29.9 Å². The van der Waals surface area contributed by atoms with Crippen LogP contribution in [-0.4, -0.2) is 55.7 Å². The topological polar surface area (TPSA) is 24.9 Å². The summed E-state index contributed by atoms with van der Waals surface area (Å²) in [5.41, 5.74) is 2.84. The van der Waals surface area contributed by atoms with E-state index in [1.165, 1.54) is 37.1 Å². The number of rotatable bonds is 5. The van der Waals surface area contributed by atoms with E-state index in [2.05, 4.69) is 58.3 Å². The monoisotopic (exact) mass is 378 g/mol. The number of ether oxygens (including phenoxy) is 2. The zero-order valence-electron chi connectivity index (χ0n) is 16.9. The first kappa shape index (κ1) is 18.0. The van der Waals surface area contributed by atoms with Crippen LogP contribution >= 0.6 is 0 Å². The van der Waals surface area contributed by atoms with Crippen molar-refractivity contribution in [3.8, 4) is 11.5 Å². The lowest BCUT2D eigenvalue weighted by atomic mass is 9.75. The largest absolute Gasteiger partial charge is 0.497 e. The summed E-state index contributed by atoms with van der Waals surface area (Å²) in [6.07, 6.45) is 2.71. The van der Waals surface area contributed by atoms with Gasteiger partial charge in [-0.25, -0.2) is 0 Å². The van der Waals surface area contributed by atoms with E-state index in [0.717, 1.165) is 30.5 Å². The van der Waals surface area contributed by atoms with E-state index in [1.54, 1.807) is 14.2 Å². The molecule has 0 N–H and O–H groups in total. The number of methoxy groups -OCH3 is 2. The van der Waals surface area contributed by atoms with E-state index < -0.39 is 0 Å². The van der Waals surface area contributed by atoms with Gasteiger partial charge < -0.3 is 9.47 Å². The average molecular weight is 379 g/mol. The summed E-state index contributed by atoms with van der Waals surface area (Å²) < 4.78 is 10.7. The van der Waals surface area contributed by atoms with Gasteiger partial charge in [-0.1, -0.05) is 24.3 Å². The SMILES string of the molecule is COc1ccc(CN2C[C@@H](c3ccc(OC)cc3)[C@@H]3[C@H]2C2CCN3CC2)cc1. The molecule has 28 heavy (non-hydrogen) atoms. The first-order valence-corrected chi connectivity index (χ1v) is 10.5. The van der Waals surface area contributed by atoms with Gasteiger partial charge in [-0.2, -0.15) is 0 Å². The van der Waals surface area contributed by atoms with Crippen LogP contribution in [0.15, 0.2) is 48.5 Å². The van der Waals surface area contributed by atoms with E-state index in [1.807, 2.05) is 0 Å². The molecule has 3 atom stereocenters. The number of hydrogen-bond acceptors (Lipinski definition) is 4. The molecule has 4 fully saturated rings. The van der Waals surface area contributed by atoms with Crippen LogP contribution in [0.4, 0.5) is 0 Å². The molecule has 0 saturated carbocycles. The van der Waals surface area contributed by atoms with Crippen molar-refractivity contribution in [2.75, 3.05) is 33.9 Å². The molecular weight excluding hydrogens is 348 g/mol. The summed E-state index contributed by atoms with van der Waals surface area (Å²) in [7, 11) is 3.47. The minimum atomic E-state index is 0.581. The molecule has 4 saturated heterocycles. The van der Waals surface area contributed by atoms with Crippen molar-refractivity contribution in [3.63, 3.8) is 0 Å². The Morgan fingerprint density at radius 3 is 2.04 bits per heavy atom. The Labute approximate surface area is 168 Å². The lowest BCUT2D eigenvalue weighted by molar-refractivity contribution is -0.00869. The third-order valence-electron chi connectivity index (χ3n) is 7.18. The Kier molecular flexibility index (Phi) is 4.77. The van der Waals surface area contributed by atoms with Crippen molar-refractivity contribution in [2.24, 2.45) is 5.92 Å². The highest BCUT2D eigenvalue weighted by atomic mass is 16.5. The van der Waals surface area contributed by atoms with Crippen LogP contribution in [0.25, 0.3) is 0 Å². The second kappa shape index (κ2) is 7.41. The summed E-state index contributed by atoms with van der Waals surface area (Å²) >= 11 is 0. The fourth-order valence-corrected chi connectivity index (χ4v) is 5.83. The highest BCUT2D eigenvalue weighted by molar-refractivity contribution is 5.33. The van der Waals surface area contributed by atoms with Gasteiger partial charge in [0.15, 0.2) is 0 Å². The van der Waals surface area contributed by atoms with Crippen molar-refractivity contribution in [1.82, 2.24) is 9.80 Å². The van der Waals surface area contributed by atoms with Gasteiger partial charge in [0.25, 0.3) is 0 Å². The molecule has 0 spiro atoms. The molecule has 0 aliphatic carbocycles. The predicted octanol–water partition coefficient (Wildman–Crippen LogP) is 3.77. The summed E-state index contributed by atoms with van der Waals surface area (Å²) in [6, 6.07) is 18.7. The standard InChI is InChI=1S/C24H30N2O2/c1-27-20-7-3-17(4-8-20)15-26-16-22(18-5-9-21(28-2)10-6-18)24-23(26)19-11-13-25(24)14-12-19/h3-10,19,22-24H,11-16H2,1-2H3/t22-,23+,24+/m0/s1. The Morgan fingerprint density at radius 2 is 1.43 bits per heavy atom. The van der Waals surface area contributed by atoms with Crippen molar-refractivity contribution >= 4 is 0 Å². The van der Waals surface area contributed by atoms with Crippen molar-refractivity contribution in [3.05, 3.63) is 59.7 Å². The first-order chi connectivity index (χ1) is 13.8. The number of hydrogen-bond donors (Lipinski definition) is 0. The van der Waals surface area contributed by atoms with Gasteiger partial charge in [0.2, 0.25) is 0 Å². The van der Waals surface area contributed by atoms with Crippen LogP contribution in [0, 0.1) is 5.92 Å². The molecule has 2 aromatic rings. The van der Waals surface area contributed by atoms with Gasteiger partial charge in [-0.3, -0.25) is 9.80 Å². The van der Waals surface area contributed by atoms with Crippen LogP contribution in [-0.2, 0) is 6.54 Å². The molecule has 2 aromatic carbocycles. The summed E-state index contributed by atoms with van der Waals surface area (Å²) in [5, 5.41) is 0. The van der Waals surface area contributed by atoms with E-state index in [9.17, 15) is 0 Å². The fraction of sp³-hybridized carbons (Fsp3) is 0.500. The average Bonchev–Trinajstić information content (AvgIpc) is 3.17. The van der Waals surface area contributed by atoms with Gasteiger partial charge in [-0.15, -0.1) is 0 Å². The molecule has 4 heteroatoms. The minimum absolute atomic E-state index is 0.581. The highest BCUT2D eigenvalue weighted by Gasteiger charge is 2.53. The van der Waals surface area contributed by atoms with E-state index in [0.29, 0.717) is 18.0 Å². The number of fused-ring (bicyclic) bond motifs is 2. The molecule has 0 amide bonds. The third-order valence-corrected chi connectivity index (χ3v) is 7.18. The van der Waals surface area contributed by atoms with Gasteiger partial charge >= 0.3 is 0 Å². The lowest BCUT2D eigenvalue weighted by Gasteiger charge is -2.51. The van der Waals surface area contributed by atoms with Crippen LogP contribution in [0.3, 0.4) is 0 Å². The minimum Gasteiger partial charge on any atom is -0.497 e. The smallest absolute Gasteiger partial charge is 0.118 e. The van der Waals surface area contributed by atoms with Crippen LogP contribution in [0.5, 0.6) is 11.5 Å². The van der Waals surface area contributed by atoms with Crippen molar-refractivity contribution < 1.29 is 9.47 Å². The number of piperidine rings is 3. The molecule has 4 aliphatic rings. The van der Waals surface area contributed by atoms with E-state index in [-0.39, 0.29) is 0 Å². The Balaban J connectivity index is 1.42. The second-order valence-corrected chi connectivity index (χ2v) is 8.51. The van der Waals surface area contributed by atoms with E-state index >= 15 is 0 Å². The van der Waals surface area contributed by atoms with E-state index in [4.69, 9.17) is 9.47 Å². The maximum atomic E-state index is 5.38. The zero-order chi connectivity index (χ0) is 19.1. The van der Waals surface area contributed by atoms with Gasteiger partial charge in [0.05, 0.1) is 14.2 Å². The molecule has 0 unspecified atom stereocenters. The lowest BCUT2D eigenvalue weighted by Crippen LogP contribution is -2.59. The maximum Gasteiger partial charge on any atom is 0.118 e. The molecule has 0 aromatic heterocycles. The van der Waals surface area contributed by atoms with Crippen LogP contribution < -0.4 is 9.47 Å².